The van der Waals surface area contributed by atoms with Gasteiger partial charge in [0.2, 0.25) is 0 Å². The van der Waals surface area contributed by atoms with Crippen molar-refractivity contribution < 1.29 is 9.13 Å². The second kappa shape index (κ2) is 7.38. The number of morpholine rings is 1. The Morgan fingerprint density at radius 1 is 1.18 bits per heavy atom. The summed E-state index contributed by atoms with van der Waals surface area (Å²) in [5, 5.41) is 3.28. The molecule has 1 N–H and O–H groups in total. The van der Waals surface area contributed by atoms with Crippen molar-refractivity contribution in [1.82, 2.24) is 9.88 Å². The van der Waals surface area contributed by atoms with Crippen molar-refractivity contribution in [3.63, 3.8) is 0 Å². The minimum absolute atomic E-state index is 0.115. The highest BCUT2D eigenvalue weighted by atomic mass is 19.1. The summed E-state index contributed by atoms with van der Waals surface area (Å²) >= 11 is 0. The first-order chi connectivity index (χ1) is 10.8. The van der Waals surface area contributed by atoms with Crippen LogP contribution in [0, 0.1) is 5.82 Å². The number of nitrogens with one attached hydrogen (secondary N) is 1. The molecule has 1 aliphatic heterocycles. The lowest BCUT2D eigenvalue weighted by molar-refractivity contribution is -0.0240. The average molecular weight is 307 g/mol. The molecule has 122 valence electrons. The Kier molecular flexibility index (Phi) is 5.26. The molecule has 4 nitrogen and oxygen atoms in total. The number of hydrogen-bond acceptors (Lipinski definition) is 4. The van der Waals surface area contributed by atoms with E-state index in [9.17, 15) is 4.39 Å². The fourth-order valence-corrected chi connectivity index (χ4v) is 3.79. The van der Waals surface area contributed by atoms with Gasteiger partial charge in [0.25, 0.3) is 0 Å². The van der Waals surface area contributed by atoms with Crippen LogP contribution < -0.4 is 5.32 Å². The van der Waals surface area contributed by atoms with E-state index in [0.717, 1.165) is 32.8 Å². The van der Waals surface area contributed by atoms with E-state index in [1.54, 1.807) is 12.3 Å². The standard InChI is InChI=1S/C17H26FN3O/c18-15-6-5-9-19-16(15)20-14-17(7-3-1-2-4-8-17)21-10-12-22-13-11-21/h5-6,9H,1-4,7-8,10-14H2,(H,19,20). The maximum absolute atomic E-state index is 13.8. The topological polar surface area (TPSA) is 37.4 Å². The van der Waals surface area contributed by atoms with E-state index in [2.05, 4.69) is 15.2 Å². The largest absolute Gasteiger partial charge is 0.379 e. The Labute approximate surface area is 132 Å². The predicted molar refractivity (Wildman–Crippen MR) is 85.5 cm³/mol. The zero-order valence-corrected chi connectivity index (χ0v) is 13.2. The third-order valence-corrected chi connectivity index (χ3v) is 5.06. The van der Waals surface area contributed by atoms with E-state index in [1.807, 2.05) is 0 Å². The second-order valence-electron chi connectivity index (χ2n) is 6.43. The van der Waals surface area contributed by atoms with Crippen molar-refractivity contribution in [2.24, 2.45) is 0 Å². The molecule has 1 saturated heterocycles. The second-order valence-corrected chi connectivity index (χ2v) is 6.43. The molecule has 5 heteroatoms. The van der Waals surface area contributed by atoms with Crippen molar-refractivity contribution in [1.29, 1.82) is 0 Å². The number of rotatable bonds is 4. The molecule has 1 aliphatic carbocycles. The van der Waals surface area contributed by atoms with Gasteiger partial charge in [-0.05, 0) is 25.0 Å². The highest BCUT2D eigenvalue weighted by Crippen LogP contribution is 2.33. The fraction of sp³-hybridized carbons (Fsp3) is 0.706. The van der Waals surface area contributed by atoms with Gasteiger partial charge in [0.05, 0.1) is 13.2 Å². The van der Waals surface area contributed by atoms with Crippen LogP contribution in [0.25, 0.3) is 0 Å². The van der Waals surface area contributed by atoms with Gasteiger partial charge in [0.1, 0.15) is 0 Å². The van der Waals surface area contributed by atoms with Crippen molar-refractivity contribution in [3.8, 4) is 0 Å². The van der Waals surface area contributed by atoms with Crippen LogP contribution in [-0.2, 0) is 4.74 Å². The molecule has 3 rings (SSSR count). The van der Waals surface area contributed by atoms with E-state index in [4.69, 9.17) is 4.74 Å². The first kappa shape index (κ1) is 15.7. The third-order valence-electron chi connectivity index (χ3n) is 5.06. The molecule has 0 unspecified atom stereocenters. The van der Waals surface area contributed by atoms with Gasteiger partial charge in [-0.15, -0.1) is 0 Å². The van der Waals surface area contributed by atoms with Crippen LogP contribution in [0.3, 0.4) is 0 Å². The van der Waals surface area contributed by atoms with Crippen LogP contribution >= 0.6 is 0 Å². The van der Waals surface area contributed by atoms with E-state index in [1.165, 1.54) is 44.6 Å². The number of halogens is 1. The molecule has 0 atom stereocenters. The summed E-state index contributed by atoms with van der Waals surface area (Å²) in [5.74, 6) is 0.104. The van der Waals surface area contributed by atoms with Crippen molar-refractivity contribution >= 4 is 5.82 Å². The summed E-state index contributed by atoms with van der Waals surface area (Å²) in [6, 6.07) is 3.09. The molecule has 22 heavy (non-hydrogen) atoms. The molecule has 1 aromatic rings. The zero-order chi connectivity index (χ0) is 15.3. The quantitative estimate of drug-likeness (QED) is 0.868. The van der Waals surface area contributed by atoms with Gasteiger partial charge >= 0.3 is 0 Å². The molecule has 2 heterocycles. The number of pyridine rings is 1. The van der Waals surface area contributed by atoms with Crippen LogP contribution in [-0.4, -0.2) is 48.3 Å². The summed E-state index contributed by atoms with van der Waals surface area (Å²) in [7, 11) is 0. The molecule has 0 amide bonds. The Morgan fingerprint density at radius 3 is 2.59 bits per heavy atom. The molecular formula is C17H26FN3O. The van der Waals surface area contributed by atoms with Crippen molar-refractivity contribution in [2.75, 3.05) is 38.2 Å². The number of aromatic nitrogens is 1. The Balaban J connectivity index is 1.74. The molecule has 2 aliphatic rings. The number of nitrogens with zero attached hydrogens (tertiary/aromatic N) is 2. The smallest absolute Gasteiger partial charge is 0.165 e. The van der Waals surface area contributed by atoms with Crippen LogP contribution in [0.4, 0.5) is 10.2 Å². The molecule has 0 bridgehead atoms. The normalized spacial score (nSPS) is 23.0. The monoisotopic (exact) mass is 307 g/mol. The van der Waals surface area contributed by atoms with Gasteiger partial charge in [-0.25, -0.2) is 9.37 Å². The minimum atomic E-state index is -0.270. The molecule has 0 radical (unpaired) electrons. The van der Waals surface area contributed by atoms with Gasteiger partial charge in [0, 0.05) is 31.4 Å². The lowest BCUT2D eigenvalue weighted by Crippen LogP contribution is -2.57. The predicted octanol–water partition coefficient (Wildman–Crippen LogP) is 3.06. The van der Waals surface area contributed by atoms with Crippen molar-refractivity contribution in [2.45, 2.75) is 44.1 Å². The summed E-state index contributed by atoms with van der Waals surface area (Å²) in [6.07, 6.45) is 9.12. The summed E-state index contributed by atoms with van der Waals surface area (Å²) in [6.45, 7) is 4.33. The number of anilines is 1. The van der Waals surface area contributed by atoms with Gasteiger partial charge in [-0.2, -0.15) is 0 Å². The van der Waals surface area contributed by atoms with Gasteiger partial charge in [-0.1, -0.05) is 25.7 Å². The maximum atomic E-state index is 13.8. The van der Waals surface area contributed by atoms with E-state index in [-0.39, 0.29) is 11.4 Å². The van der Waals surface area contributed by atoms with E-state index < -0.39 is 0 Å². The van der Waals surface area contributed by atoms with Crippen LogP contribution in [0.5, 0.6) is 0 Å². The highest BCUT2D eigenvalue weighted by molar-refractivity contribution is 5.36. The summed E-state index contributed by atoms with van der Waals surface area (Å²) < 4.78 is 19.3. The Bertz CT molecular complexity index is 469. The van der Waals surface area contributed by atoms with Crippen molar-refractivity contribution in [3.05, 3.63) is 24.1 Å². The lowest BCUT2D eigenvalue weighted by Gasteiger charge is -2.46. The van der Waals surface area contributed by atoms with Gasteiger partial charge in [-0.3, -0.25) is 4.90 Å². The first-order valence-corrected chi connectivity index (χ1v) is 8.47. The fourth-order valence-electron chi connectivity index (χ4n) is 3.79. The molecule has 2 fully saturated rings. The molecule has 1 aromatic heterocycles. The maximum Gasteiger partial charge on any atom is 0.165 e. The number of hydrogen-bond donors (Lipinski definition) is 1. The highest BCUT2D eigenvalue weighted by Gasteiger charge is 2.37. The van der Waals surface area contributed by atoms with Crippen LogP contribution in [0.1, 0.15) is 38.5 Å². The average Bonchev–Trinajstić information content (AvgIpc) is 2.82. The SMILES string of the molecule is Fc1cccnc1NCC1(N2CCOCC2)CCCCCC1. The Morgan fingerprint density at radius 2 is 1.91 bits per heavy atom. The summed E-state index contributed by atoms with van der Waals surface area (Å²) in [5.41, 5.74) is 0.115. The lowest BCUT2D eigenvalue weighted by atomic mass is 9.87. The molecular weight excluding hydrogens is 281 g/mol. The number of ether oxygens (including phenoxy) is 1. The van der Waals surface area contributed by atoms with Gasteiger partial charge < -0.3 is 10.1 Å². The molecule has 0 aromatic carbocycles. The third kappa shape index (κ3) is 3.58. The molecule has 1 saturated carbocycles. The minimum Gasteiger partial charge on any atom is -0.379 e. The van der Waals surface area contributed by atoms with Crippen LogP contribution in [0.2, 0.25) is 0 Å². The van der Waals surface area contributed by atoms with Gasteiger partial charge in [0.15, 0.2) is 11.6 Å². The zero-order valence-electron chi connectivity index (χ0n) is 13.2. The summed E-state index contributed by atoms with van der Waals surface area (Å²) in [4.78, 5) is 6.70. The van der Waals surface area contributed by atoms with Crippen LogP contribution in [0.15, 0.2) is 18.3 Å². The van der Waals surface area contributed by atoms with E-state index in [0.29, 0.717) is 5.82 Å². The molecule has 0 spiro atoms. The first-order valence-electron chi connectivity index (χ1n) is 8.47. The Hall–Kier alpha value is -1.20. The van der Waals surface area contributed by atoms with E-state index >= 15 is 0 Å².